The fourth-order valence-corrected chi connectivity index (χ4v) is 3.46. The van der Waals surface area contributed by atoms with E-state index in [-0.39, 0.29) is 12.3 Å². The largest absolute Gasteiger partial charge is 0.411 e. The predicted octanol–water partition coefficient (Wildman–Crippen LogP) is 4.21. The van der Waals surface area contributed by atoms with Crippen molar-refractivity contribution in [3.8, 4) is 17.5 Å². The van der Waals surface area contributed by atoms with Gasteiger partial charge in [-0.3, -0.25) is 4.79 Å². The predicted molar refractivity (Wildman–Crippen MR) is 107 cm³/mol. The summed E-state index contributed by atoms with van der Waals surface area (Å²) in [7, 11) is 0. The van der Waals surface area contributed by atoms with Crippen LogP contribution in [0.1, 0.15) is 12.0 Å². The van der Waals surface area contributed by atoms with E-state index in [0.29, 0.717) is 28.1 Å². The van der Waals surface area contributed by atoms with Crippen LogP contribution in [0.2, 0.25) is 0 Å². The van der Waals surface area contributed by atoms with Crippen LogP contribution in [0.5, 0.6) is 0 Å². The average Bonchev–Trinajstić information content (AvgIpc) is 3.35. The SMILES string of the molecule is N#Cc1ccccc1NC(=O)CCSc1nnc(-c2c[nH]c3ccccc23)o1. The zero-order valence-corrected chi connectivity index (χ0v) is 15.5. The Labute approximate surface area is 164 Å². The Kier molecular flexibility index (Phi) is 5.08. The first-order valence-electron chi connectivity index (χ1n) is 8.56. The third-order valence-corrected chi connectivity index (χ3v) is 4.92. The molecule has 2 heterocycles. The zero-order valence-electron chi connectivity index (χ0n) is 14.7. The second-order valence-corrected chi connectivity index (χ2v) is 6.97. The lowest BCUT2D eigenvalue weighted by molar-refractivity contribution is -0.115. The highest BCUT2D eigenvalue weighted by atomic mass is 32.2. The van der Waals surface area contributed by atoms with Crippen molar-refractivity contribution in [3.63, 3.8) is 0 Å². The number of anilines is 1. The van der Waals surface area contributed by atoms with E-state index >= 15 is 0 Å². The summed E-state index contributed by atoms with van der Waals surface area (Å²) in [5.74, 6) is 0.745. The molecule has 0 fully saturated rings. The van der Waals surface area contributed by atoms with E-state index in [9.17, 15) is 4.79 Å². The van der Waals surface area contributed by atoms with Gasteiger partial charge in [0.25, 0.3) is 11.1 Å². The zero-order chi connectivity index (χ0) is 19.3. The number of amides is 1. The minimum atomic E-state index is -0.174. The summed E-state index contributed by atoms with van der Waals surface area (Å²) < 4.78 is 5.72. The van der Waals surface area contributed by atoms with Gasteiger partial charge >= 0.3 is 0 Å². The van der Waals surface area contributed by atoms with Crippen LogP contribution in [0.4, 0.5) is 5.69 Å². The normalized spacial score (nSPS) is 10.7. The number of H-pyrrole nitrogens is 1. The molecule has 1 amide bonds. The number of carbonyl (C=O) groups excluding carboxylic acids is 1. The lowest BCUT2D eigenvalue weighted by Crippen LogP contribution is -2.13. The van der Waals surface area contributed by atoms with E-state index in [1.54, 1.807) is 24.3 Å². The molecule has 2 aromatic carbocycles. The molecule has 7 nitrogen and oxygen atoms in total. The van der Waals surface area contributed by atoms with Crippen molar-refractivity contribution >= 4 is 34.3 Å². The van der Waals surface area contributed by atoms with Crippen molar-refractivity contribution in [2.75, 3.05) is 11.1 Å². The molecule has 2 N–H and O–H groups in total. The Bertz CT molecular complexity index is 1170. The molecule has 8 heteroatoms. The van der Waals surface area contributed by atoms with Gasteiger partial charge in [0.15, 0.2) is 0 Å². The van der Waals surface area contributed by atoms with Crippen molar-refractivity contribution in [3.05, 3.63) is 60.3 Å². The number of hydrogen-bond acceptors (Lipinski definition) is 6. The van der Waals surface area contributed by atoms with Crippen LogP contribution in [0, 0.1) is 11.3 Å². The maximum absolute atomic E-state index is 12.1. The molecule has 0 aliphatic carbocycles. The van der Waals surface area contributed by atoms with Crippen LogP contribution in [0.25, 0.3) is 22.4 Å². The Morgan fingerprint density at radius 2 is 2.00 bits per heavy atom. The first-order chi connectivity index (χ1) is 13.7. The van der Waals surface area contributed by atoms with Gasteiger partial charge in [-0.25, -0.2) is 0 Å². The molecule has 4 rings (SSSR count). The van der Waals surface area contributed by atoms with Crippen LogP contribution in [0.3, 0.4) is 0 Å². The van der Waals surface area contributed by atoms with Gasteiger partial charge in [0, 0.05) is 29.3 Å². The van der Waals surface area contributed by atoms with Crippen LogP contribution in [-0.4, -0.2) is 26.8 Å². The fourth-order valence-electron chi connectivity index (χ4n) is 2.76. The number of para-hydroxylation sites is 2. The Morgan fingerprint density at radius 1 is 1.18 bits per heavy atom. The highest BCUT2D eigenvalue weighted by molar-refractivity contribution is 7.99. The number of rotatable bonds is 6. The number of benzene rings is 2. The molecule has 0 aliphatic rings. The number of hydrogen-bond donors (Lipinski definition) is 2. The quantitative estimate of drug-likeness (QED) is 0.478. The monoisotopic (exact) mass is 389 g/mol. The molecule has 0 atom stereocenters. The van der Waals surface area contributed by atoms with E-state index in [1.165, 1.54) is 11.8 Å². The molecule has 0 unspecified atom stereocenters. The third-order valence-electron chi connectivity index (χ3n) is 4.10. The number of aromatic nitrogens is 3. The van der Waals surface area contributed by atoms with Crippen molar-refractivity contribution in [2.24, 2.45) is 0 Å². The maximum Gasteiger partial charge on any atom is 0.276 e. The molecule has 4 aromatic rings. The second kappa shape index (κ2) is 7.98. The molecular formula is C20H15N5O2S. The lowest BCUT2D eigenvalue weighted by atomic mass is 10.2. The van der Waals surface area contributed by atoms with Gasteiger partial charge in [-0.05, 0) is 18.2 Å². The molecule has 0 bridgehead atoms. The number of nitriles is 1. The molecule has 28 heavy (non-hydrogen) atoms. The fraction of sp³-hybridized carbons (Fsp3) is 0.100. The van der Waals surface area contributed by atoms with Gasteiger partial charge in [-0.15, -0.1) is 10.2 Å². The van der Waals surface area contributed by atoms with Crippen LogP contribution in [-0.2, 0) is 4.79 Å². The summed E-state index contributed by atoms with van der Waals surface area (Å²) in [6, 6.07) is 16.8. The van der Waals surface area contributed by atoms with Gasteiger partial charge in [-0.1, -0.05) is 42.1 Å². The van der Waals surface area contributed by atoms with Crippen molar-refractivity contribution in [1.29, 1.82) is 5.26 Å². The first-order valence-corrected chi connectivity index (χ1v) is 9.55. The summed E-state index contributed by atoms with van der Waals surface area (Å²) in [5.41, 5.74) is 2.79. The topological polar surface area (TPSA) is 108 Å². The second-order valence-electron chi connectivity index (χ2n) is 5.93. The van der Waals surface area contributed by atoms with E-state index in [1.807, 2.05) is 30.5 Å². The Morgan fingerprint density at radius 3 is 2.89 bits per heavy atom. The highest BCUT2D eigenvalue weighted by Crippen LogP contribution is 2.29. The molecule has 0 aliphatic heterocycles. The number of fused-ring (bicyclic) bond motifs is 1. The van der Waals surface area contributed by atoms with Crippen LogP contribution < -0.4 is 5.32 Å². The van der Waals surface area contributed by atoms with E-state index in [0.717, 1.165) is 16.5 Å². The standard InChI is InChI=1S/C20H15N5O2S/c21-11-13-5-1-3-7-16(13)23-18(26)9-10-28-20-25-24-19(27-20)15-12-22-17-8-4-2-6-14(15)17/h1-8,12,22H,9-10H2,(H,23,26). The molecule has 0 spiro atoms. The van der Waals surface area contributed by atoms with E-state index in [2.05, 4.69) is 26.6 Å². The average molecular weight is 389 g/mol. The lowest BCUT2D eigenvalue weighted by Gasteiger charge is -2.05. The summed E-state index contributed by atoms with van der Waals surface area (Å²) in [6.07, 6.45) is 2.10. The molecule has 2 aromatic heterocycles. The number of thioether (sulfide) groups is 1. The van der Waals surface area contributed by atoms with Crippen molar-refractivity contribution in [1.82, 2.24) is 15.2 Å². The van der Waals surface area contributed by atoms with Gasteiger partial charge in [0.1, 0.15) is 6.07 Å². The van der Waals surface area contributed by atoms with E-state index in [4.69, 9.17) is 9.68 Å². The molecule has 0 saturated heterocycles. The smallest absolute Gasteiger partial charge is 0.276 e. The van der Waals surface area contributed by atoms with E-state index < -0.39 is 0 Å². The summed E-state index contributed by atoms with van der Waals surface area (Å²) in [6.45, 7) is 0. The third kappa shape index (κ3) is 3.75. The van der Waals surface area contributed by atoms with Crippen molar-refractivity contribution in [2.45, 2.75) is 11.6 Å². The number of nitrogens with one attached hydrogen (secondary N) is 2. The van der Waals surface area contributed by atoms with Crippen LogP contribution >= 0.6 is 11.8 Å². The molecule has 0 radical (unpaired) electrons. The first kappa shape index (κ1) is 17.8. The van der Waals surface area contributed by atoms with Gasteiger partial charge in [-0.2, -0.15) is 5.26 Å². The van der Waals surface area contributed by atoms with Crippen molar-refractivity contribution < 1.29 is 9.21 Å². The minimum absolute atomic E-state index is 0.174. The minimum Gasteiger partial charge on any atom is -0.411 e. The summed E-state index contributed by atoms with van der Waals surface area (Å²) in [5, 5.41) is 21.4. The number of aromatic amines is 1. The van der Waals surface area contributed by atoms with Gasteiger partial charge in [0.2, 0.25) is 5.91 Å². The highest BCUT2D eigenvalue weighted by Gasteiger charge is 2.14. The number of nitrogens with zero attached hydrogens (tertiary/aromatic N) is 3. The maximum atomic E-state index is 12.1. The Hall–Kier alpha value is -3.57. The molecule has 0 saturated carbocycles. The van der Waals surface area contributed by atoms with Gasteiger partial charge < -0.3 is 14.7 Å². The summed E-state index contributed by atoms with van der Waals surface area (Å²) in [4.78, 5) is 15.3. The van der Waals surface area contributed by atoms with Gasteiger partial charge in [0.05, 0.1) is 16.8 Å². The number of carbonyl (C=O) groups is 1. The molecule has 138 valence electrons. The Balaban J connectivity index is 1.35. The summed E-state index contributed by atoms with van der Waals surface area (Å²) >= 11 is 1.32. The molecular weight excluding hydrogens is 374 g/mol. The van der Waals surface area contributed by atoms with Crippen LogP contribution in [0.15, 0.2) is 64.4 Å².